The molecule has 0 bridgehead atoms. The van der Waals surface area contributed by atoms with Gasteiger partial charge in [-0.2, -0.15) is 5.10 Å². The Balaban J connectivity index is 2.41. The average Bonchev–Trinajstić information content (AvgIpc) is 2.65. The topological polar surface area (TPSA) is 50.9 Å². The number of pyridine rings is 1. The van der Waals surface area contributed by atoms with Gasteiger partial charge in [-0.05, 0) is 40.5 Å². The number of halogens is 1. The summed E-state index contributed by atoms with van der Waals surface area (Å²) in [5, 5.41) is 13.5. The summed E-state index contributed by atoms with van der Waals surface area (Å²) in [4.78, 5) is 4.17. The zero-order chi connectivity index (χ0) is 10.8. The summed E-state index contributed by atoms with van der Waals surface area (Å²) in [7, 11) is 0. The van der Waals surface area contributed by atoms with Gasteiger partial charge in [-0.25, -0.2) is 9.67 Å². The van der Waals surface area contributed by atoms with Gasteiger partial charge in [0.05, 0.1) is 16.8 Å². The number of aromatic nitrogens is 3. The van der Waals surface area contributed by atoms with Crippen LogP contribution in [-0.2, 0) is 0 Å². The van der Waals surface area contributed by atoms with Gasteiger partial charge >= 0.3 is 0 Å². The second kappa shape index (κ2) is 4.12. The first-order chi connectivity index (χ1) is 7.16. The molecule has 5 heteroatoms. The first-order valence-corrected chi connectivity index (χ1v) is 5.30. The molecule has 0 saturated heterocycles. The van der Waals surface area contributed by atoms with Crippen LogP contribution >= 0.6 is 15.9 Å². The molecule has 4 nitrogen and oxygen atoms in total. The maximum atomic E-state index is 9.43. The summed E-state index contributed by atoms with van der Waals surface area (Å²) in [6.45, 7) is 1.72. The Hall–Kier alpha value is -1.20. The van der Waals surface area contributed by atoms with Crippen LogP contribution in [-0.4, -0.2) is 19.9 Å². The minimum atomic E-state index is -0.495. The molecular weight excluding hydrogens is 258 g/mol. The Morgan fingerprint density at radius 2 is 2.33 bits per heavy atom. The summed E-state index contributed by atoms with van der Waals surface area (Å²) in [5.41, 5.74) is 0.826. The van der Waals surface area contributed by atoms with Crippen molar-refractivity contribution in [1.82, 2.24) is 14.8 Å². The molecule has 0 saturated carbocycles. The summed E-state index contributed by atoms with van der Waals surface area (Å²) >= 11 is 3.32. The SMILES string of the molecule is CC(O)c1ccnc(-n2cc(Br)cn2)c1. The van der Waals surface area contributed by atoms with Gasteiger partial charge in [-0.15, -0.1) is 0 Å². The molecule has 1 unspecified atom stereocenters. The van der Waals surface area contributed by atoms with Gasteiger partial charge in [0.1, 0.15) is 0 Å². The molecule has 78 valence electrons. The zero-order valence-electron chi connectivity index (χ0n) is 8.13. The second-order valence-corrected chi connectivity index (χ2v) is 4.14. The number of hydrogen-bond acceptors (Lipinski definition) is 3. The molecule has 1 N–H and O–H groups in total. The maximum absolute atomic E-state index is 9.43. The molecule has 0 radical (unpaired) electrons. The largest absolute Gasteiger partial charge is 0.389 e. The lowest BCUT2D eigenvalue weighted by molar-refractivity contribution is 0.199. The van der Waals surface area contributed by atoms with E-state index in [0.29, 0.717) is 5.82 Å². The molecule has 2 aromatic heterocycles. The van der Waals surface area contributed by atoms with E-state index >= 15 is 0 Å². The summed E-state index contributed by atoms with van der Waals surface area (Å²) in [6.07, 6.45) is 4.67. The van der Waals surface area contributed by atoms with Crippen molar-refractivity contribution in [3.63, 3.8) is 0 Å². The lowest BCUT2D eigenvalue weighted by atomic mass is 10.2. The number of rotatable bonds is 2. The van der Waals surface area contributed by atoms with Crippen LogP contribution in [0, 0.1) is 0 Å². The van der Waals surface area contributed by atoms with Crippen LogP contribution < -0.4 is 0 Å². The standard InChI is InChI=1S/C10H10BrN3O/c1-7(15)8-2-3-12-10(4-8)14-6-9(11)5-13-14/h2-7,15H,1H3. The Bertz CT molecular complexity index is 467. The Morgan fingerprint density at radius 3 is 2.93 bits per heavy atom. The third-order valence-electron chi connectivity index (χ3n) is 2.04. The molecule has 1 atom stereocenters. The van der Waals surface area contributed by atoms with Crippen molar-refractivity contribution in [3.05, 3.63) is 40.8 Å². The van der Waals surface area contributed by atoms with Crippen molar-refractivity contribution >= 4 is 15.9 Å². The van der Waals surface area contributed by atoms with Crippen LogP contribution in [0.25, 0.3) is 5.82 Å². The van der Waals surface area contributed by atoms with Gasteiger partial charge in [-0.1, -0.05) is 0 Å². The van der Waals surface area contributed by atoms with Gasteiger partial charge < -0.3 is 5.11 Å². The molecule has 2 aromatic rings. The Labute approximate surface area is 95.7 Å². The van der Waals surface area contributed by atoms with Crippen LogP contribution in [0.15, 0.2) is 35.2 Å². The van der Waals surface area contributed by atoms with Crippen molar-refractivity contribution in [2.75, 3.05) is 0 Å². The molecule has 2 rings (SSSR count). The molecule has 0 amide bonds. The smallest absolute Gasteiger partial charge is 0.153 e. The third kappa shape index (κ3) is 2.24. The lowest BCUT2D eigenvalue weighted by Gasteiger charge is -2.06. The van der Waals surface area contributed by atoms with E-state index in [4.69, 9.17) is 0 Å². The first-order valence-electron chi connectivity index (χ1n) is 4.51. The minimum Gasteiger partial charge on any atom is -0.389 e. The van der Waals surface area contributed by atoms with E-state index < -0.39 is 6.10 Å². The van der Waals surface area contributed by atoms with E-state index in [0.717, 1.165) is 10.0 Å². The number of aliphatic hydroxyl groups is 1. The van der Waals surface area contributed by atoms with Crippen LogP contribution in [0.3, 0.4) is 0 Å². The van der Waals surface area contributed by atoms with E-state index in [1.807, 2.05) is 12.3 Å². The number of hydrogen-bond donors (Lipinski definition) is 1. The number of aliphatic hydroxyl groups excluding tert-OH is 1. The highest BCUT2D eigenvalue weighted by Crippen LogP contribution is 2.15. The molecule has 0 aliphatic heterocycles. The van der Waals surface area contributed by atoms with Crippen LogP contribution in [0.4, 0.5) is 0 Å². The van der Waals surface area contributed by atoms with Crippen LogP contribution in [0.1, 0.15) is 18.6 Å². The summed E-state index contributed by atoms with van der Waals surface area (Å²) in [5.74, 6) is 0.694. The molecular formula is C10H10BrN3O. The highest BCUT2D eigenvalue weighted by Gasteiger charge is 2.04. The fourth-order valence-corrected chi connectivity index (χ4v) is 1.53. The molecule has 0 aliphatic carbocycles. The van der Waals surface area contributed by atoms with Crippen molar-refractivity contribution in [3.8, 4) is 5.82 Å². The maximum Gasteiger partial charge on any atom is 0.153 e. The van der Waals surface area contributed by atoms with Crippen LogP contribution in [0.2, 0.25) is 0 Å². The molecule has 0 aromatic carbocycles. The van der Waals surface area contributed by atoms with Crippen LogP contribution in [0.5, 0.6) is 0 Å². The molecule has 0 aliphatic rings. The normalized spacial score (nSPS) is 12.7. The van der Waals surface area contributed by atoms with Crippen molar-refractivity contribution in [2.24, 2.45) is 0 Å². The predicted octanol–water partition coefficient (Wildman–Crippen LogP) is 2.08. The monoisotopic (exact) mass is 267 g/mol. The van der Waals surface area contributed by atoms with Crippen molar-refractivity contribution in [2.45, 2.75) is 13.0 Å². The first kappa shape index (κ1) is 10.3. The van der Waals surface area contributed by atoms with Gasteiger partial charge in [0, 0.05) is 12.4 Å². The predicted molar refractivity (Wildman–Crippen MR) is 59.7 cm³/mol. The lowest BCUT2D eigenvalue weighted by Crippen LogP contribution is -2.00. The van der Waals surface area contributed by atoms with Crippen molar-refractivity contribution in [1.29, 1.82) is 0 Å². The van der Waals surface area contributed by atoms with E-state index in [-0.39, 0.29) is 0 Å². The van der Waals surface area contributed by atoms with Gasteiger partial charge in [0.2, 0.25) is 0 Å². The third-order valence-corrected chi connectivity index (χ3v) is 2.45. The van der Waals surface area contributed by atoms with Gasteiger partial charge in [0.15, 0.2) is 5.82 Å². The van der Waals surface area contributed by atoms with Gasteiger partial charge in [0.25, 0.3) is 0 Å². The average molecular weight is 268 g/mol. The fourth-order valence-electron chi connectivity index (χ4n) is 1.25. The summed E-state index contributed by atoms with van der Waals surface area (Å²) < 4.78 is 2.54. The zero-order valence-corrected chi connectivity index (χ0v) is 9.72. The highest BCUT2D eigenvalue weighted by atomic mass is 79.9. The fraction of sp³-hybridized carbons (Fsp3) is 0.200. The van der Waals surface area contributed by atoms with E-state index in [2.05, 4.69) is 26.0 Å². The Morgan fingerprint density at radius 1 is 1.53 bits per heavy atom. The Kier molecular flexibility index (Phi) is 2.83. The van der Waals surface area contributed by atoms with E-state index in [1.54, 1.807) is 30.1 Å². The van der Waals surface area contributed by atoms with E-state index in [9.17, 15) is 5.11 Å². The molecule has 0 spiro atoms. The van der Waals surface area contributed by atoms with E-state index in [1.165, 1.54) is 0 Å². The molecule has 0 fully saturated rings. The van der Waals surface area contributed by atoms with Crippen molar-refractivity contribution < 1.29 is 5.11 Å². The second-order valence-electron chi connectivity index (χ2n) is 3.23. The number of nitrogens with zero attached hydrogens (tertiary/aromatic N) is 3. The quantitative estimate of drug-likeness (QED) is 0.907. The minimum absolute atomic E-state index is 0.495. The van der Waals surface area contributed by atoms with Gasteiger partial charge in [-0.3, -0.25) is 0 Å². The molecule has 2 heterocycles. The molecule has 15 heavy (non-hydrogen) atoms. The highest BCUT2D eigenvalue weighted by molar-refractivity contribution is 9.10. The summed E-state index contributed by atoms with van der Waals surface area (Å²) in [6, 6.07) is 3.59.